The van der Waals surface area contributed by atoms with E-state index >= 15 is 0 Å². The number of likely N-dealkylation sites (N-methyl/N-ethyl adjacent to an activating group) is 1. The van der Waals surface area contributed by atoms with E-state index in [1.165, 1.54) is 5.56 Å². The van der Waals surface area contributed by atoms with E-state index in [0.29, 0.717) is 6.04 Å². The minimum atomic E-state index is 0.368. The van der Waals surface area contributed by atoms with Crippen molar-refractivity contribution in [3.8, 4) is 12.3 Å². The van der Waals surface area contributed by atoms with Crippen molar-refractivity contribution in [3.05, 3.63) is 30.1 Å². The lowest BCUT2D eigenvalue weighted by Crippen LogP contribution is -2.26. The Morgan fingerprint density at radius 3 is 2.77 bits per heavy atom. The highest BCUT2D eigenvalue weighted by atomic mass is 14.9. The zero-order valence-corrected chi connectivity index (χ0v) is 7.83. The Hall–Kier alpha value is -1.33. The van der Waals surface area contributed by atoms with E-state index in [-0.39, 0.29) is 0 Å². The molecule has 1 aromatic rings. The maximum absolute atomic E-state index is 5.26. The van der Waals surface area contributed by atoms with Gasteiger partial charge >= 0.3 is 0 Å². The predicted molar refractivity (Wildman–Crippen MR) is 54.2 cm³/mol. The van der Waals surface area contributed by atoms with Crippen molar-refractivity contribution in [2.24, 2.45) is 0 Å². The molecule has 0 radical (unpaired) electrons. The van der Waals surface area contributed by atoms with Crippen LogP contribution in [0.5, 0.6) is 0 Å². The molecule has 1 unspecified atom stereocenters. The molecule has 0 amide bonds. The van der Waals surface area contributed by atoms with Gasteiger partial charge in [-0.05, 0) is 31.2 Å². The number of rotatable bonds is 4. The first-order valence-corrected chi connectivity index (χ1v) is 4.36. The van der Waals surface area contributed by atoms with Gasteiger partial charge < -0.3 is 5.32 Å². The minimum Gasteiger partial charge on any atom is -0.316 e. The van der Waals surface area contributed by atoms with Crippen LogP contribution < -0.4 is 5.32 Å². The highest BCUT2D eigenvalue weighted by Crippen LogP contribution is 2.03. The fourth-order valence-corrected chi connectivity index (χ4v) is 1.22. The highest BCUT2D eigenvalue weighted by Gasteiger charge is 2.04. The van der Waals surface area contributed by atoms with Gasteiger partial charge in [0.25, 0.3) is 0 Å². The number of nitrogens with zero attached hydrogens (tertiary/aromatic N) is 1. The molecule has 1 aromatic heterocycles. The Bertz CT molecular complexity index is 274. The Morgan fingerprint density at radius 1 is 1.54 bits per heavy atom. The second kappa shape index (κ2) is 5.34. The molecular formula is C11H14N2. The summed E-state index contributed by atoms with van der Waals surface area (Å²) in [5.41, 5.74) is 1.27. The standard InChI is InChI=1S/C11H14N2/c1-3-4-11(12-2)9-10-5-7-13-8-6-10/h1,5-8,11-12H,4,9H2,2H3. The SMILES string of the molecule is C#CCC(Cc1ccncc1)NC. The van der Waals surface area contributed by atoms with Crippen LogP contribution in [-0.2, 0) is 6.42 Å². The summed E-state index contributed by atoms with van der Waals surface area (Å²) < 4.78 is 0. The number of aromatic nitrogens is 1. The van der Waals surface area contributed by atoms with Crippen molar-refractivity contribution in [1.29, 1.82) is 0 Å². The van der Waals surface area contributed by atoms with E-state index < -0.39 is 0 Å². The first-order valence-electron chi connectivity index (χ1n) is 4.36. The van der Waals surface area contributed by atoms with Crippen molar-refractivity contribution in [1.82, 2.24) is 10.3 Å². The van der Waals surface area contributed by atoms with Gasteiger partial charge in [-0.3, -0.25) is 4.98 Å². The zero-order chi connectivity index (χ0) is 9.52. The molecular weight excluding hydrogens is 160 g/mol. The predicted octanol–water partition coefficient (Wildman–Crippen LogP) is 1.24. The van der Waals surface area contributed by atoms with Crippen LogP contribution in [0.15, 0.2) is 24.5 Å². The lowest BCUT2D eigenvalue weighted by Gasteiger charge is -2.12. The van der Waals surface area contributed by atoms with Crippen LogP contribution in [0, 0.1) is 12.3 Å². The van der Waals surface area contributed by atoms with Gasteiger partial charge in [0.05, 0.1) is 0 Å². The number of pyridine rings is 1. The second-order valence-electron chi connectivity index (χ2n) is 2.95. The smallest absolute Gasteiger partial charge is 0.0270 e. The van der Waals surface area contributed by atoms with Gasteiger partial charge in [-0.1, -0.05) is 0 Å². The summed E-state index contributed by atoms with van der Waals surface area (Å²) in [7, 11) is 1.93. The molecule has 2 heteroatoms. The van der Waals surface area contributed by atoms with Crippen molar-refractivity contribution in [2.45, 2.75) is 18.9 Å². The van der Waals surface area contributed by atoms with Crippen LogP contribution in [0.25, 0.3) is 0 Å². The van der Waals surface area contributed by atoms with E-state index in [1.54, 1.807) is 12.4 Å². The van der Waals surface area contributed by atoms with Gasteiger partial charge in [-0.2, -0.15) is 0 Å². The third-order valence-corrected chi connectivity index (χ3v) is 2.00. The molecule has 2 nitrogen and oxygen atoms in total. The summed E-state index contributed by atoms with van der Waals surface area (Å²) in [6, 6.07) is 4.40. The van der Waals surface area contributed by atoms with E-state index in [0.717, 1.165) is 12.8 Å². The van der Waals surface area contributed by atoms with Gasteiger partial charge in [0.2, 0.25) is 0 Å². The summed E-state index contributed by atoms with van der Waals surface area (Å²) in [5, 5.41) is 3.19. The van der Waals surface area contributed by atoms with Gasteiger partial charge in [0, 0.05) is 24.9 Å². The van der Waals surface area contributed by atoms with Crippen LogP contribution >= 0.6 is 0 Å². The maximum Gasteiger partial charge on any atom is 0.0270 e. The van der Waals surface area contributed by atoms with Crippen molar-refractivity contribution in [2.75, 3.05) is 7.05 Å². The molecule has 0 spiro atoms. The van der Waals surface area contributed by atoms with Crippen LogP contribution in [0.2, 0.25) is 0 Å². The fourth-order valence-electron chi connectivity index (χ4n) is 1.22. The topological polar surface area (TPSA) is 24.9 Å². The Labute approximate surface area is 79.4 Å². The van der Waals surface area contributed by atoms with E-state index in [1.807, 2.05) is 19.2 Å². The largest absolute Gasteiger partial charge is 0.316 e. The Kier molecular flexibility index (Phi) is 4.01. The summed E-state index contributed by atoms with van der Waals surface area (Å²) in [4.78, 5) is 3.96. The molecule has 0 aromatic carbocycles. The lowest BCUT2D eigenvalue weighted by atomic mass is 10.1. The van der Waals surface area contributed by atoms with Crippen LogP contribution in [0.3, 0.4) is 0 Å². The van der Waals surface area contributed by atoms with E-state index in [9.17, 15) is 0 Å². The number of terminal acetylenes is 1. The Morgan fingerprint density at radius 2 is 2.23 bits per heavy atom. The lowest BCUT2D eigenvalue weighted by molar-refractivity contribution is 0.573. The molecule has 1 atom stereocenters. The first kappa shape index (κ1) is 9.76. The van der Waals surface area contributed by atoms with Crippen molar-refractivity contribution >= 4 is 0 Å². The fraction of sp³-hybridized carbons (Fsp3) is 0.364. The molecule has 0 aliphatic carbocycles. The third-order valence-electron chi connectivity index (χ3n) is 2.00. The minimum absolute atomic E-state index is 0.368. The molecule has 0 bridgehead atoms. The average molecular weight is 174 g/mol. The molecule has 0 aliphatic rings. The molecule has 0 fully saturated rings. The quantitative estimate of drug-likeness (QED) is 0.695. The molecule has 68 valence electrons. The first-order chi connectivity index (χ1) is 6.36. The molecule has 0 aliphatic heterocycles. The Balaban J connectivity index is 2.53. The molecule has 1 N–H and O–H groups in total. The number of hydrogen-bond acceptors (Lipinski definition) is 2. The molecule has 1 heterocycles. The van der Waals surface area contributed by atoms with Crippen molar-refractivity contribution < 1.29 is 0 Å². The van der Waals surface area contributed by atoms with Gasteiger partial charge in [-0.15, -0.1) is 12.3 Å². The number of hydrogen-bond donors (Lipinski definition) is 1. The number of nitrogens with one attached hydrogen (secondary N) is 1. The van der Waals surface area contributed by atoms with Crippen molar-refractivity contribution in [3.63, 3.8) is 0 Å². The second-order valence-corrected chi connectivity index (χ2v) is 2.95. The average Bonchev–Trinajstić information content (AvgIpc) is 2.19. The highest BCUT2D eigenvalue weighted by molar-refractivity contribution is 5.12. The summed E-state index contributed by atoms with van der Waals surface area (Å²) in [5.74, 6) is 2.66. The maximum atomic E-state index is 5.26. The van der Waals surface area contributed by atoms with E-state index in [4.69, 9.17) is 6.42 Å². The van der Waals surface area contributed by atoms with Gasteiger partial charge in [0.1, 0.15) is 0 Å². The van der Waals surface area contributed by atoms with Gasteiger partial charge in [0.15, 0.2) is 0 Å². The van der Waals surface area contributed by atoms with Crippen LogP contribution in [-0.4, -0.2) is 18.1 Å². The van der Waals surface area contributed by atoms with Crippen LogP contribution in [0.4, 0.5) is 0 Å². The molecule has 0 saturated heterocycles. The monoisotopic (exact) mass is 174 g/mol. The van der Waals surface area contributed by atoms with Gasteiger partial charge in [-0.25, -0.2) is 0 Å². The summed E-state index contributed by atoms with van der Waals surface area (Å²) in [6.45, 7) is 0. The third kappa shape index (κ3) is 3.27. The molecule has 0 saturated carbocycles. The molecule has 1 rings (SSSR count). The van der Waals surface area contributed by atoms with Crippen LogP contribution in [0.1, 0.15) is 12.0 Å². The van der Waals surface area contributed by atoms with E-state index in [2.05, 4.69) is 16.2 Å². The summed E-state index contributed by atoms with van der Waals surface area (Å²) in [6.07, 6.45) is 10.6. The molecule has 13 heavy (non-hydrogen) atoms. The summed E-state index contributed by atoms with van der Waals surface area (Å²) >= 11 is 0. The zero-order valence-electron chi connectivity index (χ0n) is 7.83. The normalized spacial score (nSPS) is 12.0.